The van der Waals surface area contributed by atoms with Gasteiger partial charge in [-0.25, -0.2) is 9.37 Å². The molecule has 20 heavy (non-hydrogen) atoms. The van der Waals surface area contributed by atoms with Gasteiger partial charge in [-0.15, -0.1) is 0 Å². The number of aryl methyl sites for hydroxylation is 1. The summed E-state index contributed by atoms with van der Waals surface area (Å²) in [6, 6.07) is 14.2. The molecule has 1 heterocycles. The van der Waals surface area contributed by atoms with Crippen LogP contribution >= 0.6 is 0 Å². The Morgan fingerprint density at radius 2 is 1.90 bits per heavy atom. The molecule has 0 aliphatic rings. The zero-order valence-corrected chi connectivity index (χ0v) is 11.1. The van der Waals surface area contributed by atoms with Crippen LogP contribution in [0.5, 0.6) is 0 Å². The average Bonchev–Trinajstić information content (AvgIpc) is 2.46. The van der Waals surface area contributed by atoms with E-state index >= 15 is 0 Å². The van der Waals surface area contributed by atoms with Crippen molar-refractivity contribution >= 4 is 10.9 Å². The summed E-state index contributed by atoms with van der Waals surface area (Å²) in [5.74, 6) is -0.299. The van der Waals surface area contributed by atoms with E-state index in [4.69, 9.17) is 0 Å². The van der Waals surface area contributed by atoms with Crippen molar-refractivity contribution in [3.05, 3.63) is 65.5 Å². The Kier molecular flexibility index (Phi) is 3.20. The van der Waals surface area contributed by atoms with Crippen LogP contribution in [-0.2, 0) is 6.61 Å². The minimum absolute atomic E-state index is 0.122. The highest BCUT2D eigenvalue weighted by molar-refractivity contribution is 5.83. The SMILES string of the molecule is Cc1ccccc1-c1nc2ccc(F)cc2cc1CO. The highest BCUT2D eigenvalue weighted by atomic mass is 19.1. The van der Waals surface area contributed by atoms with E-state index in [0.717, 1.165) is 22.3 Å². The number of hydrogen-bond acceptors (Lipinski definition) is 2. The number of nitrogens with zero attached hydrogens (tertiary/aromatic N) is 1. The third-order valence-corrected chi connectivity index (χ3v) is 3.43. The fourth-order valence-electron chi connectivity index (χ4n) is 2.38. The number of aliphatic hydroxyl groups is 1. The number of halogens is 1. The number of benzene rings is 2. The van der Waals surface area contributed by atoms with Crippen LogP contribution in [0.15, 0.2) is 48.5 Å². The molecule has 0 aliphatic carbocycles. The molecule has 0 fully saturated rings. The Hall–Kier alpha value is -2.26. The molecule has 0 radical (unpaired) electrons. The first-order valence-electron chi connectivity index (χ1n) is 6.45. The van der Waals surface area contributed by atoms with Gasteiger partial charge in [0, 0.05) is 16.5 Å². The van der Waals surface area contributed by atoms with Crippen LogP contribution in [0.4, 0.5) is 4.39 Å². The lowest BCUT2D eigenvalue weighted by atomic mass is 10.00. The van der Waals surface area contributed by atoms with Crippen LogP contribution in [0.3, 0.4) is 0 Å². The lowest BCUT2D eigenvalue weighted by Gasteiger charge is -2.11. The number of hydrogen-bond donors (Lipinski definition) is 1. The molecule has 0 bridgehead atoms. The van der Waals surface area contributed by atoms with Crippen LogP contribution in [-0.4, -0.2) is 10.1 Å². The summed E-state index contributed by atoms with van der Waals surface area (Å²) in [6.45, 7) is 1.89. The van der Waals surface area contributed by atoms with Gasteiger partial charge in [0.05, 0.1) is 17.8 Å². The first kappa shape index (κ1) is 12.8. The molecule has 0 aliphatic heterocycles. The third-order valence-electron chi connectivity index (χ3n) is 3.43. The van der Waals surface area contributed by atoms with Crippen molar-refractivity contribution in [2.24, 2.45) is 0 Å². The lowest BCUT2D eigenvalue weighted by molar-refractivity contribution is 0.282. The zero-order chi connectivity index (χ0) is 14.1. The third kappa shape index (κ3) is 2.17. The molecule has 1 aromatic heterocycles. The Balaban J connectivity index is 2.30. The quantitative estimate of drug-likeness (QED) is 0.765. The van der Waals surface area contributed by atoms with E-state index in [-0.39, 0.29) is 12.4 Å². The molecular weight excluding hydrogens is 253 g/mol. The van der Waals surface area contributed by atoms with E-state index in [1.54, 1.807) is 12.1 Å². The minimum atomic E-state index is -0.299. The molecule has 0 unspecified atom stereocenters. The zero-order valence-electron chi connectivity index (χ0n) is 11.1. The number of pyridine rings is 1. The molecule has 0 atom stereocenters. The van der Waals surface area contributed by atoms with Gasteiger partial charge in [0.1, 0.15) is 5.82 Å². The van der Waals surface area contributed by atoms with Gasteiger partial charge in [0.15, 0.2) is 0 Å². The number of fused-ring (bicyclic) bond motifs is 1. The van der Waals surface area contributed by atoms with Crippen LogP contribution in [0.2, 0.25) is 0 Å². The molecule has 0 saturated heterocycles. The van der Waals surface area contributed by atoms with E-state index in [1.807, 2.05) is 31.2 Å². The molecule has 0 spiro atoms. The highest BCUT2D eigenvalue weighted by Crippen LogP contribution is 2.28. The molecule has 0 amide bonds. The maximum Gasteiger partial charge on any atom is 0.123 e. The van der Waals surface area contributed by atoms with E-state index < -0.39 is 0 Å². The van der Waals surface area contributed by atoms with Crippen molar-refractivity contribution in [3.8, 4) is 11.3 Å². The van der Waals surface area contributed by atoms with Gasteiger partial charge < -0.3 is 5.11 Å². The van der Waals surface area contributed by atoms with E-state index in [9.17, 15) is 9.50 Å². The Morgan fingerprint density at radius 1 is 1.10 bits per heavy atom. The second-order valence-electron chi connectivity index (χ2n) is 4.81. The second-order valence-corrected chi connectivity index (χ2v) is 4.81. The van der Waals surface area contributed by atoms with Crippen LogP contribution in [0, 0.1) is 12.7 Å². The van der Waals surface area contributed by atoms with E-state index in [1.165, 1.54) is 12.1 Å². The summed E-state index contributed by atoms with van der Waals surface area (Å²) in [5.41, 5.74) is 4.27. The van der Waals surface area contributed by atoms with Crippen molar-refractivity contribution in [2.75, 3.05) is 0 Å². The van der Waals surface area contributed by atoms with Crippen LogP contribution in [0.1, 0.15) is 11.1 Å². The largest absolute Gasteiger partial charge is 0.392 e. The normalized spacial score (nSPS) is 10.9. The fourth-order valence-corrected chi connectivity index (χ4v) is 2.38. The molecule has 100 valence electrons. The average molecular weight is 267 g/mol. The molecule has 2 nitrogen and oxygen atoms in total. The van der Waals surface area contributed by atoms with Crippen molar-refractivity contribution in [3.63, 3.8) is 0 Å². The van der Waals surface area contributed by atoms with Crippen molar-refractivity contribution < 1.29 is 9.50 Å². The summed E-state index contributed by atoms with van der Waals surface area (Å²) in [7, 11) is 0. The Morgan fingerprint density at radius 3 is 2.65 bits per heavy atom. The number of aromatic nitrogens is 1. The molecule has 0 saturated carbocycles. The summed E-state index contributed by atoms with van der Waals surface area (Å²) < 4.78 is 13.3. The first-order valence-corrected chi connectivity index (χ1v) is 6.45. The minimum Gasteiger partial charge on any atom is -0.392 e. The fraction of sp³-hybridized carbons (Fsp3) is 0.118. The molecule has 3 heteroatoms. The Bertz CT molecular complexity index is 783. The smallest absolute Gasteiger partial charge is 0.123 e. The standard InChI is InChI=1S/C17H14FNO/c1-11-4-2-3-5-15(11)17-13(10-20)8-12-9-14(18)6-7-16(12)19-17/h2-9,20H,10H2,1H3. The van der Waals surface area contributed by atoms with Gasteiger partial charge in [-0.3, -0.25) is 0 Å². The maximum absolute atomic E-state index is 13.3. The lowest BCUT2D eigenvalue weighted by Crippen LogP contribution is -1.96. The van der Waals surface area contributed by atoms with E-state index in [0.29, 0.717) is 10.9 Å². The van der Waals surface area contributed by atoms with Gasteiger partial charge >= 0.3 is 0 Å². The summed E-state index contributed by atoms with van der Waals surface area (Å²) >= 11 is 0. The number of rotatable bonds is 2. The number of aliphatic hydroxyl groups excluding tert-OH is 1. The maximum atomic E-state index is 13.3. The molecular formula is C17H14FNO. The predicted molar refractivity (Wildman–Crippen MR) is 77.8 cm³/mol. The van der Waals surface area contributed by atoms with Gasteiger partial charge in [-0.2, -0.15) is 0 Å². The van der Waals surface area contributed by atoms with Crippen molar-refractivity contribution in [1.29, 1.82) is 0 Å². The molecule has 3 rings (SSSR count). The predicted octanol–water partition coefficient (Wildman–Crippen LogP) is 3.84. The van der Waals surface area contributed by atoms with Crippen molar-refractivity contribution in [1.82, 2.24) is 4.98 Å². The second kappa shape index (κ2) is 5.02. The van der Waals surface area contributed by atoms with Gasteiger partial charge in [0.2, 0.25) is 0 Å². The first-order chi connectivity index (χ1) is 9.69. The molecule has 2 aromatic carbocycles. The molecule has 3 aromatic rings. The van der Waals surface area contributed by atoms with Gasteiger partial charge in [-0.05, 0) is 36.8 Å². The Labute approximate surface area is 116 Å². The topological polar surface area (TPSA) is 33.1 Å². The summed E-state index contributed by atoms with van der Waals surface area (Å²) in [5, 5.41) is 10.3. The van der Waals surface area contributed by atoms with E-state index in [2.05, 4.69) is 4.98 Å². The monoisotopic (exact) mass is 267 g/mol. The summed E-state index contributed by atoms with van der Waals surface area (Å²) in [6.07, 6.45) is 0. The molecule has 1 N–H and O–H groups in total. The van der Waals surface area contributed by atoms with Crippen molar-refractivity contribution in [2.45, 2.75) is 13.5 Å². The highest BCUT2D eigenvalue weighted by Gasteiger charge is 2.11. The van der Waals surface area contributed by atoms with Crippen LogP contribution < -0.4 is 0 Å². The van der Waals surface area contributed by atoms with Crippen LogP contribution in [0.25, 0.3) is 22.2 Å². The van der Waals surface area contributed by atoms with Gasteiger partial charge in [0.25, 0.3) is 0 Å². The summed E-state index contributed by atoms with van der Waals surface area (Å²) in [4.78, 5) is 4.59. The van der Waals surface area contributed by atoms with Gasteiger partial charge in [-0.1, -0.05) is 24.3 Å².